The SMILES string of the molecule is CC(=O)Cc1cc(Oc2ccc3c(c2)nc(Nc2ccc4c(c2)CCC4)n3C)ccn1. The van der Waals surface area contributed by atoms with Crippen LogP contribution in [-0.4, -0.2) is 20.3 Å². The summed E-state index contributed by atoms with van der Waals surface area (Å²) in [6, 6.07) is 16.0. The number of Topliss-reactive ketones (excluding diaryl/α,β-unsaturated/α-hetero) is 1. The normalized spacial score (nSPS) is 12.7. The van der Waals surface area contributed by atoms with Crippen molar-refractivity contribution < 1.29 is 9.53 Å². The first-order valence-corrected chi connectivity index (χ1v) is 10.5. The van der Waals surface area contributed by atoms with Crippen molar-refractivity contribution in [3.63, 3.8) is 0 Å². The lowest BCUT2D eigenvalue weighted by molar-refractivity contribution is -0.116. The molecule has 2 heterocycles. The summed E-state index contributed by atoms with van der Waals surface area (Å²) in [6.45, 7) is 1.55. The Bertz CT molecular complexity index is 1290. The molecule has 0 radical (unpaired) electrons. The molecule has 2 aromatic heterocycles. The maximum atomic E-state index is 11.4. The van der Waals surface area contributed by atoms with E-state index in [1.807, 2.05) is 29.8 Å². The molecule has 156 valence electrons. The van der Waals surface area contributed by atoms with Crippen LogP contribution in [0, 0.1) is 0 Å². The fourth-order valence-electron chi connectivity index (χ4n) is 4.14. The number of nitrogens with zero attached hydrogens (tertiary/aromatic N) is 3. The van der Waals surface area contributed by atoms with E-state index >= 15 is 0 Å². The van der Waals surface area contributed by atoms with Gasteiger partial charge in [-0.05, 0) is 67.6 Å². The highest BCUT2D eigenvalue weighted by molar-refractivity contribution is 5.81. The van der Waals surface area contributed by atoms with Crippen LogP contribution < -0.4 is 10.1 Å². The molecule has 6 nitrogen and oxygen atoms in total. The maximum Gasteiger partial charge on any atom is 0.208 e. The number of aromatic nitrogens is 3. The van der Waals surface area contributed by atoms with Gasteiger partial charge < -0.3 is 14.6 Å². The predicted molar refractivity (Wildman–Crippen MR) is 121 cm³/mol. The van der Waals surface area contributed by atoms with Crippen LogP contribution in [-0.2, 0) is 31.1 Å². The number of imidazole rings is 1. The van der Waals surface area contributed by atoms with Crippen LogP contribution in [0.3, 0.4) is 0 Å². The number of carbonyl (C=O) groups excluding carboxylic acids is 1. The number of fused-ring (bicyclic) bond motifs is 2. The van der Waals surface area contributed by atoms with E-state index in [-0.39, 0.29) is 5.78 Å². The standard InChI is InChI=1S/C25H24N4O2/c1-16(30)12-20-14-22(10-11-26-20)31-21-8-9-24-23(15-21)28-25(29(24)2)27-19-7-6-17-4-3-5-18(17)13-19/h6-11,13-15H,3-5,12H2,1-2H3,(H,27,28). The third kappa shape index (κ3) is 4.01. The fraction of sp³-hybridized carbons (Fsp3) is 0.240. The van der Waals surface area contributed by atoms with Crippen molar-refractivity contribution in [1.29, 1.82) is 0 Å². The topological polar surface area (TPSA) is 69.0 Å². The number of hydrogen-bond acceptors (Lipinski definition) is 5. The van der Waals surface area contributed by atoms with Gasteiger partial charge in [0, 0.05) is 37.5 Å². The molecule has 5 rings (SSSR count). The number of ether oxygens (including phenoxy) is 1. The minimum Gasteiger partial charge on any atom is -0.457 e. The zero-order valence-corrected chi connectivity index (χ0v) is 17.7. The second kappa shape index (κ2) is 7.87. The minimum absolute atomic E-state index is 0.0722. The Balaban J connectivity index is 1.39. The van der Waals surface area contributed by atoms with Crippen LogP contribution in [0.2, 0.25) is 0 Å². The van der Waals surface area contributed by atoms with Crippen molar-refractivity contribution in [2.24, 2.45) is 7.05 Å². The number of carbonyl (C=O) groups is 1. The molecular weight excluding hydrogens is 388 g/mol. The van der Waals surface area contributed by atoms with Gasteiger partial charge >= 0.3 is 0 Å². The molecule has 0 saturated heterocycles. The van der Waals surface area contributed by atoms with E-state index in [4.69, 9.17) is 9.72 Å². The Morgan fingerprint density at radius 2 is 1.90 bits per heavy atom. The van der Waals surface area contributed by atoms with Crippen molar-refractivity contribution in [2.45, 2.75) is 32.6 Å². The summed E-state index contributed by atoms with van der Waals surface area (Å²) in [5.41, 5.74) is 6.51. The Hall–Kier alpha value is -3.67. The van der Waals surface area contributed by atoms with E-state index < -0.39 is 0 Å². The first kappa shape index (κ1) is 19.3. The van der Waals surface area contributed by atoms with Gasteiger partial charge in [-0.3, -0.25) is 9.78 Å². The Morgan fingerprint density at radius 1 is 1.06 bits per heavy atom. The van der Waals surface area contributed by atoms with Gasteiger partial charge in [-0.2, -0.15) is 0 Å². The molecule has 6 heteroatoms. The molecule has 1 aliphatic carbocycles. The van der Waals surface area contributed by atoms with Crippen molar-refractivity contribution in [2.75, 3.05) is 5.32 Å². The lowest BCUT2D eigenvalue weighted by Crippen LogP contribution is -1.99. The van der Waals surface area contributed by atoms with Gasteiger partial charge in [0.05, 0.1) is 16.7 Å². The molecule has 0 aliphatic heterocycles. The van der Waals surface area contributed by atoms with Crippen LogP contribution in [0.1, 0.15) is 30.2 Å². The molecule has 31 heavy (non-hydrogen) atoms. The van der Waals surface area contributed by atoms with Gasteiger partial charge in [0.1, 0.15) is 17.3 Å². The fourth-order valence-corrected chi connectivity index (χ4v) is 4.14. The molecular formula is C25H24N4O2. The van der Waals surface area contributed by atoms with Crippen molar-refractivity contribution in [3.8, 4) is 11.5 Å². The number of hydrogen-bond donors (Lipinski definition) is 1. The van der Waals surface area contributed by atoms with E-state index in [0.29, 0.717) is 23.6 Å². The largest absolute Gasteiger partial charge is 0.457 e. The Labute approximate surface area is 180 Å². The zero-order chi connectivity index (χ0) is 21.4. The van der Waals surface area contributed by atoms with Crippen molar-refractivity contribution >= 4 is 28.5 Å². The van der Waals surface area contributed by atoms with E-state index in [9.17, 15) is 4.79 Å². The van der Waals surface area contributed by atoms with Gasteiger partial charge in [0.25, 0.3) is 0 Å². The number of anilines is 2. The average molecular weight is 412 g/mol. The highest BCUT2D eigenvalue weighted by Crippen LogP contribution is 2.30. The molecule has 0 atom stereocenters. The van der Waals surface area contributed by atoms with E-state index in [1.165, 1.54) is 24.0 Å². The summed E-state index contributed by atoms with van der Waals surface area (Å²) in [5.74, 6) is 2.20. The minimum atomic E-state index is 0.0722. The molecule has 0 bridgehead atoms. The third-order valence-corrected chi connectivity index (χ3v) is 5.66. The molecule has 2 aromatic carbocycles. The Morgan fingerprint density at radius 3 is 2.77 bits per heavy atom. The van der Waals surface area contributed by atoms with Crippen molar-refractivity contribution in [1.82, 2.24) is 14.5 Å². The summed E-state index contributed by atoms with van der Waals surface area (Å²) in [7, 11) is 2.00. The molecule has 0 saturated carbocycles. The Kier molecular flexibility index (Phi) is 4.90. The lowest BCUT2D eigenvalue weighted by atomic mass is 10.1. The number of aryl methyl sites for hydroxylation is 3. The number of pyridine rings is 1. The highest BCUT2D eigenvalue weighted by atomic mass is 16.5. The highest BCUT2D eigenvalue weighted by Gasteiger charge is 2.13. The summed E-state index contributed by atoms with van der Waals surface area (Å²) in [5, 5.41) is 3.46. The van der Waals surface area contributed by atoms with Gasteiger partial charge in [-0.1, -0.05) is 6.07 Å². The molecule has 1 N–H and O–H groups in total. The number of rotatable bonds is 6. The zero-order valence-electron chi connectivity index (χ0n) is 17.7. The summed E-state index contributed by atoms with van der Waals surface area (Å²) in [6.07, 6.45) is 5.52. The summed E-state index contributed by atoms with van der Waals surface area (Å²) < 4.78 is 8.05. The van der Waals surface area contributed by atoms with E-state index in [2.05, 4.69) is 28.5 Å². The van der Waals surface area contributed by atoms with Crippen molar-refractivity contribution in [3.05, 3.63) is 71.5 Å². The predicted octanol–water partition coefficient (Wildman–Crippen LogP) is 5.12. The second-order valence-corrected chi connectivity index (χ2v) is 8.07. The van der Waals surface area contributed by atoms with Crippen LogP contribution in [0.5, 0.6) is 11.5 Å². The van der Waals surface area contributed by atoms with Crippen LogP contribution >= 0.6 is 0 Å². The molecule has 1 aliphatic rings. The number of nitrogens with one attached hydrogen (secondary N) is 1. The molecule has 0 fully saturated rings. The van der Waals surface area contributed by atoms with Crippen LogP contribution in [0.25, 0.3) is 11.0 Å². The van der Waals surface area contributed by atoms with E-state index in [0.717, 1.165) is 29.1 Å². The van der Waals surface area contributed by atoms with Gasteiger partial charge in [-0.15, -0.1) is 0 Å². The van der Waals surface area contributed by atoms with Crippen LogP contribution in [0.15, 0.2) is 54.7 Å². The lowest BCUT2D eigenvalue weighted by Gasteiger charge is -2.08. The van der Waals surface area contributed by atoms with Gasteiger partial charge in [-0.25, -0.2) is 4.98 Å². The molecule has 0 unspecified atom stereocenters. The maximum absolute atomic E-state index is 11.4. The number of ketones is 1. The summed E-state index contributed by atoms with van der Waals surface area (Å²) in [4.78, 5) is 20.4. The molecule has 4 aromatic rings. The number of benzene rings is 2. The van der Waals surface area contributed by atoms with Gasteiger partial charge in [0.2, 0.25) is 5.95 Å². The quantitative estimate of drug-likeness (QED) is 0.476. The molecule has 0 amide bonds. The monoisotopic (exact) mass is 412 g/mol. The summed E-state index contributed by atoms with van der Waals surface area (Å²) >= 11 is 0. The third-order valence-electron chi connectivity index (χ3n) is 5.66. The van der Waals surface area contributed by atoms with E-state index in [1.54, 1.807) is 25.3 Å². The van der Waals surface area contributed by atoms with Crippen LogP contribution in [0.4, 0.5) is 11.6 Å². The first-order valence-electron chi connectivity index (χ1n) is 10.5. The first-order chi connectivity index (χ1) is 15.0. The smallest absolute Gasteiger partial charge is 0.208 e. The average Bonchev–Trinajstić information content (AvgIpc) is 3.32. The second-order valence-electron chi connectivity index (χ2n) is 8.07. The molecule has 0 spiro atoms. The van der Waals surface area contributed by atoms with Gasteiger partial charge in [0.15, 0.2) is 0 Å².